The second-order valence-electron chi connectivity index (χ2n) is 6.66. The van der Waals surface area contributed by atoms with Crippen LogP contribution in [0.2, 0.25) is 0 Å². The summed E-state index contributed by atoms with van der Waals surface area (Å²) >= 11 is 1.21. The Labute approximate surface area is 165 Å². The molecule has 4 rings (SSSR count). The summed E-state index contributed by atoms with van der Waals surface area (Å²) in [5.74, 6) is -1.36. The maximum Gasteiger partial charge on any atom is 0.348 e. The molecule has 0 aliphatic carbocycles. The second kappa shape index (κ2) is 7.98. The number of nitrogens with zero attached hydrogens (tertiary/aromatic N) is 1. The topological polar surface area (TPSA) is 58.6 Å². The zero-order chi connectivity index (χ0) is 19.5. The minimum atomic E-state index is -0.596. The van der Waals surface area contributed by atoms with Gasteiger partial charge in [0, 0.05) is 29.2 Å². The van der Waals surface area contributed by atoms with E-state index in [0.717, 1.165) is 23.5 Å². The summed E-state index contributed by atoms with van der Waals surface area (Å²) < 4.78 is 19.1. The molecule has 2 aromatic carbocycles. The van der Waals surface area contributed by atoms with Crippen LogP contribution in [0.3, 0.4) is 0 Å². The largest absolute Gasteiger partial charge is 0.451 e. The molecule has 0 radical (unpaired) electrons. The maximum absolute atomic E-state index is 13.3. The molecular formula is C21H19FN2O3S. The molecule has 1 N–H and O–H groups in total. The number of amides is 1. The SMILES string of the molecule is O=C(COC(=O)c1cc2cc(F)ccc2s1)Nc1ccc(N2CCCC2)cc1. The maximum atomic E-state index is 13.3. The number of carbonyl (C=O) groups excluding carboxylic acids is 2. The summed E-state index contributed by atoms with van der Waals surface area (Å²) in [5.41, 5.74) is 1.80. The van der Waals surface area contributed by atoms with Gasteiger partial charge in [-0.1, -0.05) is 0 Å². The van der Waals surface area contributed by atoms with Crippen molar-refractivity contribution in [2.24, 2.45) is 0 Å². The summed E-state index contributed by atoms with van der Waals surface area (Å²) in [6.45, 7) is 1.74. The lowest BCUT2D eigenvalue weighted by Crippen LogP contribution is -2.21. The van der Waals surface area contributed by atoms with Crippen molar-refractivity contribution >= 4 is 44.7 Å². The van der Waals surface area contributed by atoms with Crippen LogP contribution < -0.4 is 10.2 Å². The molecule has 7 heteroatoms. The lowest BCUT2D eigenvalue weighted by molar-refractivity contribution is -0.119. The highest BCUT2D eigenvalue weighted by Gasteiger charge is 2.15. The molecule has 0 unspecified atom stereocenters. The summed E-state index contributed by atoms with van der Waals surface area (Å²) in [4.78, 5) is 26.9. The Morgan fingerprint density at radius 3 is 2.57 bits per heavy atom. The van der Waals surface area contributed by atoms with Gasteiger partial charge in [0.15, 0.2) is 6.61 Å². The van der Waals surface area contributed by atoms with Crippen molar-refractivity contribution in [1.82, 2.24) is 0 Å². The highest BCUT2D eigenvalue weighted by atomic mass is 32.1. The molecule has 3 aromatic rings. The zero-order valence-electron chi connectivity index (χ0n) is 15.1. The average molecular weight is 398 g/mol. The van der Waals surface area contributed by atoms with E-state index in [9.17, 15) is 14.0 Å². The first-order valence-electron chi connectivity index (χ1n) is 9.09. The Bertz CT molecular complexity index is 1010. The molecule has 5 nitrogen and oxygen atoms in total. The third-order valence-corrected chi connectivity index (χ3v) is 5.73. The van der Waals surface area contributed by atoms with E-state index in [-0.39, 0.29) is 12.4 Å². The van der Waals surface area contributed by atoms with Crippen LogP contribution in [0.5, 0.6) is 0 Å². The summed E-state index contributed by atoms with van der Waals surface area (Å²) in [6, 6.07) is 13.5. The van der Waals surface area contributed by atoms with Gasteiger partial charge in [-0.05, 0) is 66.8 Å². The van der Waals surface area contributed by atoms with Crippen LogP contribution in [0.1, 0.15) is 22.5 Å². The quantitative estimate of drug-likeness (QED) is 0.646. The molecule has 0 saturated carbocycles. The van der Waals surface area contributed by atoms with E-state index in [4.69, 9.17) is 4.74 Å². The lowest BCUT2D eigenvalue weighted by Gasteiger charge is -2.17. The van der Waals surface area contributed by atoms with E-state index >= 15 is 0 Å². The Kier molecular flexibility index (Phi) is 5.25. The molecule has 1 amide bonds. The number of benzene rings is 2. The van der Waals surface area contributed by atoms with Gasteiger partial charge < -0.3 is 15.0 Å². The van der Waals surface area contributed by atoms with Crippen molar-refractivity contribution in [1.29, 1.82) is 0 Å². The van der Waals surface area contributed by atoms with Gasteiger partial charge in [-0.2, -0.15) is 0 Å². The number of fused-ring (bicyclic) bond motifs is 1. The molecule has 1 aromatic heterocycles. The first kappa shape index (κ1) is 18.4. The number of esters is 1. The number of hydrogen-bond acceptors (Lipinski definition) is 5. The van der Waals surface area contributed by atoms with Crippen LogP contribution in [0.4, 0.5) is 15.8 Å². The van der Waals surface area contributed by atoms with Gasteiger partial charge in [-0.3, -0.25) is 4.79 Å². The van der Waals surface area contributed by atoms with Crippen LogP contribution >= 0.6 is 11.3 Å². The number of carbonyl (C=O) groups is 2. The number of ether oxygens (including phenoxy) is 1. The highest BCUT2D eigenvalue weighted by Crippen LogP contribution is 2.27. The third kappa shape index (κ3) is 4.14. The average Bonchev–Trinajstić information content (AvgIpc) is 3.36. The third-order valence-electron chi connectivity index (χ3n) is 4.64. The molecule has 144 valence electrons. The van der Waals surface area contributed by atoms with Crippen molar-refractivity contribution in [2.45, 2.75) is 12.8 Å². The van der Waals surface area contributed by atoms with Crippen LogP contribution in [0.25, 0.3) is 10.1 Å². The monoisotopic (exact) mass is 398 g/mol. The fourth-order valence-corrected chi connectivity index (χ4v) is 4.18. The van der Waals surface area contributed by atoms with Crippen LogP contribution in [0, 0.1) is 5.82 Å². The zero-order valence-corrected chi connectivity index (χ0v) is 15.9. The van der Waals surface area contributed by atoms with Gasteiger partial charge in [0.25, 0.3) is 5.91 Å². The smallest absolute Gasteiger partial charge is 0.348 e. The molecule has 1 fully saturated rings. The Balaban J connectivity index is 1.31. The Hall–Kier alpha value is -2.93. The molecule has 0 spiro atoms. The number of anilines is 2. The van der Waals surface area contributed by atoms with E-state index in [1.54, 1.807) is 12.1 Å². The molecular weight excluding hydrogens is 379 g/mol. The molecule has 1 aliphatic heterocycles. The summed E-state index contributed by atoms with van der Waals surface area (Å²) in [7, 11) is 0. The van der Waals surface area contributed by atoms with E-state index in [0.29, 0.717) is 16.0 Å². The van der Waals surface area contributed by atoms with Gasteiger partial charge in [0.05, 0.1) is 0 Å². The fourth-order valence-electron chi connectivity index (χ4n) is 3.25. The van der Waals surface area contributed by atoms with E-state index < -0.39 is 11.9 Å². The molecule has 1 aliphatic rings. The summed E-state index contributed by atoms with van der Waals surface area (Å²) in [5, 5.41) is 3.36. The second-order valence-corrected chi connectivity index (χ2v) is 7.74. The van der Waals surface area contributed by atoms with Gasteiger partial charge in [0.1, 0.15) is 10.7 Å². The van der Waals surface area contributed by atoms with Crippen molar-refractivity contribution in [3.63, 3.8) is 0 Å². The van der Waals surface area contributed by atoms with Gasteiger partial charge >= 0.3 is 5.97 Å². The predicted molar refractivity (Wildman–Crippen MR) is 109 cm³/mol. The summed E-state index contributed by atoms with van der Waals surface area (Å²) in [6.07, 6.45) is 2.41. The number of rotatable bonds is 5. The number of hydrogen-bond donors (Lipinski definition) is 1. The number of nitrogens with one attached hydrogen (secondary N) is 1. The van der Waals surface area contributed by atoms with Crippen molar-refractivity contribution in [3.05, 3.63) is 59.2 Å². The van der Waals surface area contributed by atoms with Crippen molar-refractivity contribution in [3.8, 4) is 0 Å². The van der Waals surface area contributed by atoms with E-state index in [2.05, 4.69) is 10.2 Å². The first-order valence-corrected chi connectivity index (χ1v) is 9.91. The van der Waals surface area contributed by atoms with E-state index in [1.165, 1.54) is 36.3 Å². The lowest BCUT2D eigenvalue weighted by atomic mass is 10.2. The van der Waals surface area contributed by atoms with E-state index in [1.807, 2.05) is 24.3 Å². The highest BCUT2D eigenvalue weighted by molar-refractivity contribution is 7.20. The molecule has 1 saturated heterocycles. The molecule has 0 bridgehead atoms. The van der Waals surface area contributed by atoms with Crippen molar-refractivity contribution in [2.75, 3.05) is 29.9 Å². The predicted octanol–water partition coefficient (Wildman–Crippen LogP) is 4.44. The van der Waals surface area contributed by atoms with Crippen LogP contribution in [0.15, 0.2) is 48.5 Å². The minimum Gasteiger partial charge on any atom is -0.451 e. The van der Waals surface area contributed by atoms with Gasteiger partial charge in [-0.15, -0.1) is 11.3 Å². The first-order chi connectivity index (χ1) is 13.6. The van der Waals surface area contributed by atoms with Crippen LogP contribution in [-0.4, -0.2) is 31.6 Å². The fraction of sp³-hybridized carbons (Fsp3) is 0.238. The molecule has 2 heterocycles. The Morgan fingerprint density at radius 1 is 1.07 bits per heavy atom. The normalized spacial score (nSPS) is 13.7. The van der Waals surface area contributed by atoms with Gasteiger partial charge in [0.2, 0.25) is 0 Å². The standard InChI is InChI=1S/C21H19FN2O3S/c22-15-3-8-18-14(11-15)12-19(28-18)21(26)27-13-20(25)23-16-4-6-17(7-5-16)24-9-1-2-10-24/h3-8,11-12H,1-2,9-10,13H2,(H,23,25). The number of thiophene rings is 1. The van der Waals surface area contributed by atoms with Crippen LogP contribution in [-0.2, 0) is 9.53 Å². The van der Waals surface area contributed by atoms with Gasteiger partial charge in [-0.25, -0.2) is 9.18 Å². The minimum absolute atomic E-state index is 0.336. The molecule has 28 heavy (non-hydrogen) atoms. The number of halogens is 1. The Morgan fingerprint density at radius 2 is 1.82 bits per heavy atom. The van der Waals surface area contributed by atoms with Crippen molar-refractivity contribution < 1.29 is 18.7 Å². The molecule has 0 atom stereocenters.